The topological polar surface area (TPSA) is 62.7 Å². The van der Waals surface area contributed by atoms with Gasteiger partial charge in [0.05, 0.1) is 7.11 Å². The molecule has 1 aliphatic rings. The minimum Gasteiger partial charge on any atom is -0.494 e. The first-order valence-corrected chi connectivity index (χ1v) is 6.73. The average Bonchev–Trinajstić information content (AvgIpc) is 2.95. The Labute approximate surface area is 121 Å². The molecule has 1 aliphatic heterocycles. The van der Waals surface area contributed by atoms with E-state index < -0.39 is 17.8 Å². The molecule has 0 saturated carbocycles. The number of methoxy groups -OCH3 is 1. The molecular weight excluding hydrogens is 275 g/mol. The first-order chi connectivity index (χ1) is 10.1. The minimum absolute atomic E-state index is 0.163. The van der Waals surface area contributed by atoms with Crippen LogP contribution in [0.4, 0.5) is 10.2 Å². The van der Waals surface area contributed by atoms with Crippen molar-refractivity contribution in [1.29, 1.82) is 0 Å². The van der Waals surface area contributed by atoms with Crippen LogP contribution in [-0.4, -0.2) is 35.8 Å². The van der Waals surface area contributed by atoms with Gasteiger partial charge in [0.15, 0.2) is 11.6 Å². The summed E-state index contributed by atoms with van der Waals surface area (Å²) < 4.78 is 18.9. The first-order valence-electron chi connectivity index (χ1n) is 6.73. The number of aromatic nitrogens is 1. The zero-order valence-corrected chi connectivity index (χ0v) is 11.5. The Hall–Kier alpha value is -2.37. The molecule has 0 amide bonds. The number of ether oxygens (including phenoxy) is 1. The highest BCUT2D eigenvalue weighted by Crippen LogP contribution is 2.33. The largest absolute Gasteiger partial charge is 0.494 e. The van der Waals surface area contributed by atoms with Crippen LogP contribution in [0.3, 0.4) is 0 Å². The van der Waals surface area contributed by atoms with Crippen LogP contribution in [0.15, 0.2) is 24.4 Å². The van der Waals surface area contributed by atoms with Gasteiger partial charge in [0, 0.05) is 18.1 Å². The summed E-state index contributed by atoms with van der Waals surface area (Å²) >= 11 is 0. The number of fused-ring (bicyclic) bond motifs is 1. The molecule has 0 unspecified atom stereocenters. The van der Waals surface area contributed by atoms with Crippen LogP contribution in [0.25, 0.3) is 10.8 Å². The summed E-state index contributed by atoms with van der Waals surface area (Å²) in [5, 5.41) is 10.7. The third-order valence-corrected chi connectivity index (χ3v) is 3.83. The van der Waals surface area contributed by atoms with Crippen molar-refractivity contribution >= 4 is 22.6 Å². The van der Waals surface area contributed by atoms with Gasteiger partial charge in [0.25, 0.3) is 0 Å². The zero-order valence-electron chi connectivity index (χ0n) is 11.5. The monoisotopic (exact) mass is 290 g/mol. The summed E-state index contributed by atoms with van der Waals surface area (Å²) in [6, 6.07) is 4.11. The lowest BCUT2D eigenvalue weighted by Gasteiger charge is -2.24. The zero-order chi connectivity index (χ0) is 15.0. The van der Waals surface area contributed by atoms with Crippen molar-refractivity contribution in [2.45, 2.75) is 18.9 Å². The maximum absolute atomic E-state index is 14.0. The van der Waals surface area contributed by atoms with E-state index in [1.54, 1.807) is 23.2 Å². The molecule has 3 rings (SSSR count). The van der Waals surface area contributed by atoms with Gasteiger partial charge in [0.1, 0.15) is 11.9 Å². The molecule has 1 atom stereocenters. The van der Waals surface area contributed by atoms with E-state index in [2.05, 4.69) is 4.98 Å². The van der Waals surface area contributed by atoms with Crippen LogP contribution in [0.2, 0.25) is 0 Å². The SMILES string of the molecule is COc1cc2ccnc(N3CCC[C@H]3C(=O)O)c2cc1F. The fourth-order valence-corrected chi connectivity index (χ4v) is 2.82. The molecule has 1 fully saturated rings. The van der Waals surface area contributed by atoms with Gasteiger partial charge >= 0.3 is 5.97 Å². The molecule has 21 heavy (non-hydrogen) atoms. The van der Waals surface area contributed by atoms with E-state index >= 15 is 0 Å². The Morgan fingerprint density at radius 1 is 1.52 bits per heavy atom. The standard InChI is InChI=1S/C15H15FN2O3/c1-21-13-7-9-4-5-17-14(10(9)8-11(13)16)18-6-2-3-12(18)15(19)20/h4-5,7-8,12H,2-3,6H2,1H3,(H,19,20)/t12-/m0/s1. The second-order valence-electron chi connectivity index (χ2n) is 5.03. The molecule has 0 bridgehead atoms. The minimum atomic E-state index is -0.875. The average molecular weight is 290 g/mol. The number of hydrogen-bond donors (Lipinski definition) is 1. The Morgan fingerprint density at radius 2 is 2.33 bits per heavy atom. The van der Waals surface area contributed by atoms with E-state index in [1.807, 2.05) is 0 Å². The first kappa shape index (κ1) is 13.6. The number of anilines is 1. The van der Waals surface area contributed by atoms with Gasteiger partial charge in [-0.3, -0.25) is 0 Å². The lowest BCUT2D eigenvalue weighted by atomic mass is 10.1. The number of hydrogen-bond acceptors (Lipinski definition) is 4. The molecule has 5 nitrogen and oxygen atoms in total. The maximum atomic E-state index is 14.0. The molecule has 0 aliphatic carbocycles. The van der Waals surface area contributed by atoms with Crippen molar-refractivity contribution in [3.8, 4) is 5.75 Å². The fourth-order valence-electron chi connectivity index (χ4n) is 2.82. The third kappa shape index (κ3) is 2.26. The normalized spacial score (nSPS) is 18.2. The number of aliphatic carboxylic acids is 1. The highest BCUT2D eigenvalue weighted by atomic mass is 19.1. The van der Waals surface area contributed by atoms with Crippen LogP contribution in [0.5, 0.6) is 5.75 Å². The smallest absolute Gasteiger partial charge is 0.326 e. The summed E-state index contributed by atoms with van der Waals surface area (Å²) in [6.45, 7) is 0.608. The predicted molar refractivity (Wildman–Crippen MR) is 76.3 cm³/mol. The highest BCUT2D eigenvalue weighted by Gasteiger charge is 2.32. The van der Waals surface area contributed by atoms with Gasteiger partial charge in [0.2, 0.25) is 0 Å². The van der Waals surface area contributed by atoms with Crippen molar-refractivity contribution in [3.63, 3.8) is 0 Å². The number of pyridine rings is 1. The third-order valence-electron chi connectivity index (χ3n) is 3.83. The van der Waals surface area contributed by atoms with Crippen molar-refractivity contribution in [1.82, 2.24) is 4.98 Å². The second kappa shape index (κ2) is 5.20. The molecular formula is C15H15FN2O3. The van der Waals surface area contributed by atoms with Gasteiger partial charge in [-0.2, -0.15) is 0 Å². The molecule has 1 aromatic heterocycles. The molecule has 1 N–H and O–H groups in total. The van der Waals surface area contributed by atoms with Gasteiger partial charge < -0.3 is 14.7 Å². The van der Waals surface area contributed by atoms with Crippen LogP contribution in [0, 0.1) is 5.82 Å². The van der Waals surface area contributed by atoms with E-state index in [0.717, 1.165) is 11.8 Å². The summed E-state index contributed by atoms with van der Waals surface area (Å²) in [5.41, 5.74) is 0. The number of nitrogens with zero attached hydrogens (tertiary/aromatic N) is 2. The van der Waals surface area contributed by atoms with Gasteiger partial charge in [-0.15, -0.1) is 0 Å². The number of rotatable bonds is 3. The fraction of sp³-hybridized carbons (Fsp3) is 0.333. The molecule has 110 valence electrons. The molecule has 2 aromatic rings. The number of halogens is 1. The maximum Gasteiger partial charge on any atom is 0.326 e. The number of carboxylic acid groups (broad SMARTS) is 1. The highest BCUT2D eigenvalue weighted by molar-refractivity contribution is 5.95. The lowest BCUT2D eigenvalue weighted by molar-refractivity contribution is -0.138. The van der Waals surface area contributed by atoms with E-state index in [-0.39, 0.29) is 5.75 Å². The Balaban J connectivity index is 2.14. The van der Waals surface area contributed by atoms with Crippen molar-refractivity contribution in [3.05, 3.63) is 30.2 Å². The van der Waals surface area contributed by atoms with E-state index in [1.165, 1.54) is 13.2 Å². The molecule has 1 saturated heterocycles. The molecule has 0 spiro atoms. The van der Waals surface area contributed by atoms with E-state index in [4.69, 9.17) is 4.74 Å². The Morgan fingerprint density at radius 3 is 3.05 bits per heavy atom. The molecule has 6 heteroatoms. The van der Waals surface area contributed by atoms with E-state index in [9.17, 15) is 14.3 Å². The van der Waals surface area contributed by atoms with Gasteiger partial charge in [-0.1, -0.05) is 0 Å². The Kier molecular flexibility index (Phi) is 3.37. The summed E-state index contributed by atoms with van der Waals surface area (Å²) in [6.07, 6.45) is 2.96. The van der Waals surface area contributed by atoms with Crippen molar-refractivity contribution in [2.75, 3.05) is 18.6 Å². The molecule has 1 aromatic carbocycles. The van der Waals surface area contributed by atoms with Crippen LogP contribution in [-0.2, 0) is 4.79 Å². The van der Waals surface area contributed by atoms with Crippen molar-refractivity contribution < 1.29 is 19.0 Å². The quantitative estimate of drug-likeness (QED) is 0.940. The summed E-state index contributed by atoms with van der Waals surface area (Å²) in [4.78, 5) is 17.3. The number of carboxylic acids is 1. The number of carbonyl (C=O) groups is 1. The lowest BCUT2D eigenvalue weighted by Crippen LogP contribution is -2.36. The van der Waals surface area contributed by atoms with Crippen LogP contribution < -0.4 is 9.64 Å². The Bertz CT molecular complexity index is 705. The second-order valence-corrected chi connectivity index (χ2v) is 5.03. The van der Waals surface area contributed by atoms with Gasteiger partial charge in [-0.25, -0.2) is 14.2 Å². The number of benzene rings is 1. The van der Waals surface area contributed by atoms with Crippen LogP contribution in [0.1, 0.15) is 12.8 Å². The molecule has 2 heterocycles. The summed E-state index contributed by atoms with van der Waals surface area (Å²) in [5.74, 6) is -0.680. The molecule has 0 radical (unpaired) electrons. The van der Waals surface area contributed by atoms with E-state index in [0.29, 0.717) is 24.2 Å². The van der Waals surface area contributed by atoms with Gasteiger partial charge in [-0.05, 0) is 36.4 Å². The van der Waals surface area contributed by atoms with Crippen molar-refractivity contribution in [2.24, 2.45) is 0 Å². The predicted octanol–water partition coefficient (Wildman–Crippen LogP) is 2.44. The summed E-state index contributed by atoms with van der Waals surface area (Å²) in [7, 11) is 1.41. The van der Waals surface area contributed by atoms with Crippen LogP contribution >= 0.6 is 0 Å².